The van der Waals surface area contributed by atoms with Gasteiger partial charge in [0.05, 0.1) is 12.2 Å². The van der Waals surface area contributed by atoms with Crippen LogP contribution < -0.4 is 4.74 Å². The number of hydrogen-bond donors (Lipinski definition) is 3. The van der Waals surface area contributed by atoms with E-state index in [1.54, 1.807) is 24.3 Å². The van der Waals surface area contributed by atoms with E-state index in [4.69, 9.17) is 29.3 Å². The molecular weight excluding hydrogens is 382 g/mol. The maximum Gasteiger partial charge on any atom is 0.414 e. The highest BCUT2D eigenvalue weighted by Gasteiger charge is 2.23. The number of nitrogens with zero attached hydrogens (tertiary/aromatic N) is 1. The van der Waals surface area contributed by atoms with Crippen molar-refractivity contribution >= 4 is 17.7 Å². The molecule has 0 bridgehead atoms. The topological polar surface area (TPSA) is 134 Å². The number of β-amino-alcohol motifs (C(OH)–C–C–N with tert-alkyl or cyclic N) is 1. The first-order chi connectivity index (χ1) is 13.6. The summed E-state index contributed by atoms with van der Waals surface area (Å²) in [7, 11) is 0. The van der Waals surface area contributed by atoms with Crippen LogP contribution in [0, 0.1) is 0 Å². The highest BCUT2D eigenvalue weighted by molar-refractivity contribution is 6.27. The van der Waals surface area contributed by atoms with Crippen LogP contribution in [0.15, 0.2) is 24.3 Å². The predicted molar refractivity (Wildman–Crippen MR) is 104 cm³/mol. The number of morpholine rings is 1. The number of rotatable bonds is 7. The molecule has 0 amide bonds. The van der Waals surface area contributed by atoms with Crippen molar-refractivity contribution in [1.82, 2.24) is 4.90 Å². The zero-order valence-corrected chi connectivity index (χ0v) is 16.9. The average molecular weight is 411 g/mol. The van der Waals surface area contributed by atoms with Gasteiger partial charge < -0.3 is 24.8 Å². The summed E-state index contributed by atoms with van der Waals surface area (Å²) in [4.78, 5) is 32.0. The van der Waals surface area contributed by atoms with Gasteiger partial charge in [-0.05, 0) is 38.1 Å². The van der Waals surface area contributed by atoms with Gasteiger partial charge >= 0.3 is 11.9 Å². The summed E-state index contributed by atoms with van der Waals surface area (Å²) in [5, 5.41) is 24.9. The van der Waals surface area contributed by atoms with Gasteiger partial charge in [-0.3, -0.25) is 9.69 Å². The van der Waals surface area contributed by atoms with Gasteiger partial charge in [0, 0.05) is 31.6 Å². The molecule has 162 valence electrons. The summed E-state index contributed by atoms with van der Waals surface area (Å²) in [5.41, 5.74) is 0.691. The fraction of sp³-hybridized carbons (Fsp3) is 0.550. The first-order valence-corrected chi connectivity index (χ1v) is 9.40. The number of hydrogen-bond acceptors (Lipinski definition) is 7. The van der Waals surface area contributed by atoms with Gasteiger partial charge in [-0.15, -0.1) is 0 Å². The van der Waals surface area contributed by atoms with E-state index in [9.17, 15) is 9.90 Å². The number of benzene rings is 1. The second kappa shape index (κ2) is 12.2. The Morgan fingerprint density at radius 1 is 1.10 bits per heavy atom. The van der Waals surface area contributed by atoms with E-state index in [0.29, 0.717) is 24.3 Å². The Morgan fingerprint density at radius 3 is 2.07 bits per heavy atom. The molecule has 3 atom stereocenters. The molecule has 29 heavy (non-hydrogen) atoms. The fourth-order valence-electron chi connectivity index (χ4n) is 2.92. The minimum absolute atomic E-state index is 0.118. The van der Waals surface area contributed by atoms with Crippen LogP contribution in [0.25, 0.3) is 0 Å². The number of aliphatic carboxylic acids is 2. The predicted octanol–water partition coefficient (Wildman–Crippen LogP) is 1.28. The monoisotopic (exact) mass is 411 g/mol. The van der Waals surface area contributed by atoms with Crippen LogP contribution in [0.5, 0.6) is 5.75 Å². The Balaban J connectivity index is 0.000000612. The molecular formula is C20H29NO8. The Kier molecular flexibility index (Phi) is 10.3. The molecule has 3 unspecified atom stereocenters. The molecule has 9 nitrogen and oxygen atoms in total. The molecule has 1 fully saturated rings. The van der Waals surface area contributed by atoms with Crippen molar-refractivity contribution in [2.75, 3.05) is 26.2 Å². The van der Waals surface area contributed by atoms with Gasteiger partial charge in [-0.2, -0.15) is 0 Å². The third-order valence-corrected chi connectivity index (χ3v) is 4.09. The Labute approximate surface area is 169 Å². The summed E-state index contributed by atoms with van der Waals surface area (Å²) in [6.45, 7) is 8.40. The summed E-state index contributed by atoms with van der Waals surface area (Å²) < 4.78 is 11.3. The zero-order valence-electron chi connectivity index (χ0n) is 16.9. The van der Waals surface area contributed by atoms with Crippen LogP contribution in [-0.4, -0.2) is 82.5 Å². The summed E-state index contributed by atoms with van der Waals surface area (Å²) in [6, 6.07) is 7.07. The van der Waals surface area contributed by atoms with Crippen molar-refractivity contribution in [1.29, 1.82) is 0 Å². The van der Waals surface area contributed by atoms with Crippen molar-refractivity contribution in [2.24, 2.45) is 0 Å². The Morgan fingerprint density at radius 2 is 1.62 bits per heavy atom. The summed E-state index contributed by atoms with van der Waals surface area (Å²) in [6.07, 6.45) is 0.324. The van der Waals surface area contributed by atoms with E-state index in [1.165, 1.54) is 0 Å². The van der Waals surface area contributed by atoms with Gasteiger partial charge in [0.1, 0.15) is 18.5 Å². The molecule has 1 heterocycles. The van der Waals surface area contributed by atoms with Crippen LogP contribution in [0.1, 0.15) is 37.6 Å². The number of ketones is 1. The molecule has 0 spiro atoms. The molecule has 0 aromatic heterocycles. The van der Waals surface area contributed by atoms with E-state index in [-0.39, 0.29) is 24.6 Å². The second-order valence-corrected chi connectivity index (χ2v) is 6.85. The van der Waals surface area contributed by atoms with Crippen LogP contribution in [0.4, 0.5) is 0 Å². The second-order valence-electron chi connectivity index (χ2n) is 6.85. The SMILES string of the molecule is CCC(=O)c1ccc(OCC(O)CN2CC(C)OC(C)C2)cc1.O=C(O)C(=O)O. The van der Waals surface area contributed by atoms with E-state index < -0.39 is 18.0 Å². The van der Waals surface area contributed by atoms with Crippen molar-refractivity contribution in [2.45, 2.75) is 45.5 Å². The third-order valence-electron chi connectivity index (χ3n) is 4.09. The van der Waals surface area contributed by atoms with E-state index in [1.807, 2.05) is 20.8 Å². The number of aliphatic hydroxyl groups is 1. The van der Waals surface area contributed by atoms with Crippen molar-refractivity contribution < 1.29 is 39.2 Å². The molecule has 2 rings (SSSR count). The molecule has 9 heteroatoms. The minimum Gasteiger partial charge on any atom is -0.491 e. The Bertz CT molecular complexity index is 654. The standard InChI is InChI=1S/C18H27NO4.C2H2O4/c1-4-18(21)15-5-7-17(8-6-15)22-12-16(20)11-19-9-13(2)23-14(3)10-19;3-1(4)2(5)6/h5-8,13-14,16,20H,4,9-12H2,1-3H3;(H,3,4)(H,5,6). The van der Waals surface area contributed by atoms with Crippen LogP contribution in [0.2, 0.25) is 0 Å². The zero-order chi connectivity index (χ0) is 22.0. The van der Waals surface area contributed by atoms with Crippen LogP contribution >= 0.6 is 0 Å². The number of carboxylic acids is 2. The van der Waals surface area contributed by atoms with Crippen LogP contribution in [0.3, 0.4) is 0 Å². The smallest absolute Gasteiger partial charge is 0.414 e. The van der Waals surface area contributed by atoms with E-state index in [2.05, 4.69) is 4.90 Å². The van der Waals surface area contributed by atoms with E-state index >= 15 is 0 Å². The van der Waals surface area contributed by atoms with Crippen molar-refractivity contribution in [3.8, 4) is 5.75 Å². The lowest BCUT2D eigenvalue weighted by Crippen LogP contribution is -2.48. The quantitative estimate of drug-likeness (QED) is 0.448. The molecule has 1 saturated heterocycles. The summed E-state index contributed by atoms with van der Waals surface area (Å²) in [5.74, 6) is -2.86. The maximum atomic E-state index is 11.6. The number of aliphatic hydroxyl groups excluding tert-OH is 1. The highest BCUT2D eigenvalue weighted by atomic mass is 16.5. The largest absolute Gasteiger partial charge is 0.491 e. The van der Waals surface area contributed by atoms with Crippen LogP contribution in [-0.2, 0) is 14.3 Å². The van der Waals surface area contributed by atoms with Gasteiger partial charge in [0.25, 0.3) is 0 Å². The van der Waals surface area contributed by atoms with Gasteiger partial charge in [0.2, 0.25) is 0 Å². The van der Waals surface area contributed by atoms with Gasteiger partial charge in [0.15, 0.2) is 5.78 Å². The van der Waals surface area contributed by atoms with E-state index in [0.717, 1.165) is 13.1 Å². The number of Topliss-reactive ketones (excluding diaryl/α,β-unsaturated/α-hetero) is 1. The third kappa shape index (κ3) is 9.51. The number of carboxylic acid groups (broad SMARTS) is 2. The minimum atomic E-state index is -1.82. The van der Waals surface area contributed by atoms with Gasteiger partial charge in [-0.25, -0.2) is 9.59 Å². The molecule has 0 saturated carbocycles. The molecule has 1 aliphatic rings. The van der Waals surface area contributed by atoms with Crippen molar-refractivity contribution in [3.05, 3.63) is 29.8 Å². The first kappa shape index (κ1) is 24.5. The molecule has 3 N–H and O–H groups in total. The first-order valence-electron chi connectivity index (χ1n) is 9.40. The molecule has 0 aliphatic carbocycles. The molecule has 1 aliphatic heterocycles. The summed E-state index contributed by atoms with van der Waals surface area (Å²) >= 11 is 0. The fourth-order valence-corrected chi connectivity index (χ4v) is 2.92. The Hall–Kier alpha value is -2.49. The maximum absolute atomic E-state index is 11.6. The highest BCUT2D eigenvalue weighted by Crippen LogP contribution is 2.15. The average Bonchev–Trinajstić information content (AvgIpc) is 2.65. The lowest BCUT2D eigenvalue weighted by atomic mass is 10.1. The number of carbonyl (C=O) groups excluding carboxylic acids is 1. The molecule has 1 aromatic rings. The number of carbonyl (C=O) groups is 3. The van der Waals surface area contributed by atoms with Gasteiger partial charge in [-0.1, -0.05) is 6.92 Å². The lowest BCUT2D eigenvalue weighted by Gasteiger charge is -2.36. The van der Waals surface area contributed by atoms with Crippen molar-refractivity contribution in [3.63, 3.8) is 0 Å². The molecule has 0 radical (unpaired) electrons. The molecule has 1 aromatic carbocycles. The normalized spacial score (nSPS) is 20.1. The lowest BCUT2D eigenvalue weighted by molar-refractivity contribution is -0.159. The number of ether oxygens (including phenoxy) is 2.